The number of benzene rings is 2. The number of hydrogen-bond donors (Lipinski definition) is 3. The highest BCUT2D eigenvalue weighted by atomic mass is 35.5. The van der Waals surface area contributed by atoms with Gasteiger partial charge in [-0.1, -0.05) is 23.2 Å². The molecule has 0 aliphatic carbocycles. The average Bonchev–Trinajstić information content (AvgIpc) is 2.86. The summed E-state index contributed by atoms with van der Waals surface area (Å²) in [6.45, 7) is 5.54. The van der Waals surface area contributed by atoms with Gasteiger partial charge in [0.05, 0.1) is 37.5 Å². The molecule has 4 aromatic rings. The summed E-state index contributed by atoms with van der Waals surface area (Å²) in [6, 6.07) is 15.4. The van der Waals surface area contributed by atoms with Crippen molar-refractivity contribution in [3.05, 3.63) is 71.0 Å². The van der Waals surface area contributed by atoms with Crippen LogP contribution in [0.15, 0.2) is 60.9 Å². The van der Waals surface area contributed by atoms with Gasteiger partial charge in [-0.25, -0.2) is 0 Å². The molecule has 0 bridgehead atoms. The van der Waals surface area contributed by atoms with Crippen LogP contribution in [0.3, 0.4) is 0 Å². The molecule has 9 heteroatoms. The molecule has 184 valence electrons. The summed E-state index contributed by atoms with van der Waals surface area (Å²) < 4.78 is 11.4. The predicted octanol–water partition coefficient (Wildman–Crippen LogP) is 5.24. The Bertz CT molecular complexity index is 1150. The summed E-state index contributed by atoms with van der Waals surface area (Å²) in [4.78, 5) is 8.71. The molecule has 0 saturated carbocycles. The molecule has 0 radical (unpaired) electrons. The first kappa shape index (κ1) is 25.4. The van der Waals surface area contributed by atoms with Crippen LogP contribution in [0.1, 0.15) is 0 Å². The zero-order valence-corrected chi connectivity index (χ0v) is 20.9. The molecule has 0 aliphatic rings. The van der Waals surface area contributed by atoms with Crippen molar-refractivity contribution in [2.75, 3.05) is 63.2 Å². The van der Waals surface area contributed by atoms with Gasteiger partial charge in [-0.15, -0.1) is 0 Å². The van der Waals surface area contributed by atoms with Crippen molar-refractivity contribution >= 4 is 56.4 Å². The SMILES string of the molecule is Clc1ccc2c(NCCOCCNCCOCCNc3ccnc4cc(Cl)ccc34)ccnc2c1. The van der Waals surface area contributed by atoms with Gasteiger partial charge in [0.1, 0.15) is 0 Å². The molecular formula is C26H29Cl2N5O2. The molecule has 0 saturated heterocycles. The largest absolute Gasteiger partial charge is 0.382 e. The van der Waals surface area contributed by atoms with Crippen LogP contribution < -0.4 is 16.0 Å². The lowest BCUT2D eigenvalue weighted by molar-refractivity contribution is 0.130. The zero-order chi connectivity index (χ0) is 24.3. The Kier molecular flexibility index (Phi) is 9.74. The third-order valence-electron chi connectivity index (χ3n) is 5.38. The molecule has 0 atom stereocenters. The van der Waals surface area contributed by atoms with E-state index < -0.39 is 0 Å². The Morgan fingerprint density at radius 2 is 1.06 bits per heavy atom. The molecule has 0 spiro atoms. The van der Waals surface area contributed by atoms with Crippen molar-refractivity contribution in [3.8, 4) is 0 Å². The third-order valence-corrected chi connectivity index (χ3v) is 5.85. The molecule has 0 amide bonds. The van der Waals surface area contributed by atoms with Crippen molar-refractivity contribution < 1.29 is 9.47 Å². The molecule has 7 nitrogen and oxygen atoms in total. The summed E-state index contributed by atoms with van der Waals surface area (Å²) in [6.07, 6.45) is 3.56. The minimum atomic E-state index is 0.622. The van der Waals surface area contributed by atoms with Gasteiger partial charge in [-0.3, -0.25) is 9.97 Å². The number of halogens is 2. The lowest BCUT2D eigenvalue weighted by Crippen LogP contribution is -2.25. The number of nitrogens with zero attached hydrogens (tertiary/aromatic N) is 2. The number of anilines is 2. The first-order chi connectivity index (χ1) is 17.2. The molecule has 4 rings (SSSR count). The fraction of sp³-hybridized carbons (Fsp3) is 0.308. The topological polar surface area (TPSA) is 80.3 Å². The number of fused-ring (bicyclic) bond motifs is 2. The van der Waals surface area contributed by atoms with E-state index in [1.807, 2.05) is 48.5 Å². The molecule has 0 aliphatic heterocycles. The highest BCUT2D eigenvalue weighted by Crippen LogP contribution is 2.25. The first-order valence-electron chi connectivity index (χ1n) is 11.6. The van der Waals surface area contributed by atoms with E-state index in [0.29, 0.717) is 36.5 Å². The van der Waals surface area contributed by atoms with Crippen molar-refractivity contribution in [2.45, 2.75) is 0 Å². The number of nitrogens with one attached hydrogen (secondary N) is 3. The Hall–Kier alpha value is -2.68. The lowest BCUT2D eigenvalue weighted by Gasteiger charge is -2.11. The van der Waals surface area contributed by atoms with Crippen LogP contribution in [0.5, 0.6) is 0 Å². The number of pyridine rings is 2. The lowest BCUT2D eigenvalue weighted by atomic mass is 10.2. The highest BCUT2D eigenvalue weighted by molar-refractivity contribution is 6.31. The van der Waals surface area contributed by atoms with Crippen LogP contribution in [0.2, 0.25) is 10.0 Å². The summed E-state index contributed by atoms with van der Waals surface area (Å²) >= 11 is 12.1. The summed E-state index contributed by atoms with van der Waals surface area (Å²) in [5.74, 6) is 0. The molecular weight excluding hydrogens is 485 g/mol. The predicted molar refractivity (Wildman–Crippen MR) is 145 cm³/mol. The molecule has 35 heavy (non-hydrogen) atoms. The highest BCUT2D eigenvalue weighted by Gasteiger charge is 2.03. The second kappa shape index (κ2) is 13.4. The zero-order valence-electron chi connectivity index (χ0n) is 19.4. The van der Waals surface area contributed by atoms with E-state index in [0.717, 1.165) is 59.4 Å². The maximum atomic E-state index is 6.04. The van der Waals surface area contributed by atoms with Gasteiger partial charge in [0, 0.05) is 70.8 Å². The fourth-order valence-electron chi connectivity index (χ4n) is 3.68. The second-order valence-corrected chi connectivity index (χ2v) is 8.74. The molecule has 2 aromatic carbocycles. The van der Waals surface area contributed by atoms with E-state index in [9.17, 15) is 0 Å². The minimum absolute atomic E-state index is 0.622. The Morgan fingerprint density at radius 1 is 0.600 bits per heavy atom. The second-order valence-electron chi connectivity index (χ2n) is 7.87. The van der Waals surface area contributed by atoms with Gasteiger partial charge in [0.15, 0.2) is 0 Å². The van der Waals surface area contributed by atoms with Crippen LogP contribution in [0.4, 0.5) is 11.4 Å². The fourth-order valence-corrected chi connectivity index (χ4v) is 4.02. The van der Waals surface area contributed by atoms with Crippen LogP contribution in [0, 0.1) is 0 Å². The smallest absolute Gasteiger partial charge is 0.0737 e. The van der Waals surface area contributed by atoms with E-state index in [1.165, 1.54) is 0 Å². The summed E-state index contributed by atoms with van der Waals surface area (Å²) in [5.41, 5.74) is 3.81. The van der Waals surface area contributed by atoms with Gasteiger partial charge in [-0.2, -0.15) is 0 Å². The maximum absolute atomic E-state index is 6.04. The average molecular weight is 514 g/mol. The molecule has 2 heterocycles. The summed E-state index contributed by atoms with van der Waals surface area (Å²) in [5, 5.41) is 13.6. The van der Waals surface area contributed by atoms with Crippen LogP contribution in [-0.2, 0) is 9.47 Å². The van der Waals surface area contributed by atoms with Crippen LogP contribution >= 0.6 is 23.2 Å². The summed E-state index contributed by atoms with van der Waals surface area (Å²) in [7, 11) is 0. The number of rotatable bonds is 14. The van der Waals surface area contributed by atoms with Crippen LogP contribution in [-0.4, -0.2) is 62.6 Å². The first-order valence-corrected chi connectivity index (χ1v) is 12.4. The van der Waals surface area contributed by atoms with Gasteiger partial charge in [0.2, 0.25) is 0 Å². The van der Waals surface area contributed by atoms with Crippen molar-refractivity contribution in [1.29, 1.82) is 0 Å². The third kappa shape index (κ3) is 7.65. The number of aromatic nitrogens is 2. The van der Waals surface area contributed by atoms with Gasteiger partial charge in [-0.05, 0) is 48.5 Å². The molecule has 0 unspecified atom stereocenters. The van der Waals surface area contributed by atoms with E-state index in [-0.39, 0.29) is 0 Å². The maximum Gasteiger partial charge on any atom is 0.0737 e. The van der Waals surface area contributed by atoms with Gasteiger partial charge >= 0.3 is 0 Å². The number of ether oxygens (including phenoxy) is 2. The quantitative estimate of drug-likeness (QED) is 0.199. The minimum Gasteiger partial charge on any atom is -0.382 e. The Labute approximate surface area is 215 Å². The van der Waals surface area contributed by atoms with Crippen molar-refractivity contribution in [1.82, 2.24) is 15.3 Å². The van der Waals surface area contributed by atoms with E-state index in [2.05, 4.69) is 25.9 Å². The van der Waals surface area contributed by atoms with E-state index >= 15 is 0 Å². The molecule has 2 aromatic heterocycles. The monoisotopic (exact) mass is 513 g/mol. The van der Waals surface area contributed by atoms with Crippen molar-refractivity contribution in [3.63, 3.8) is 0 Å². The molecule has 3 N–H and O–H groups in total. The normalized spacial score (nSPS) is 11.3. The van der Waals surface area contributed by atoms with Gasteiger partial charge in [0.25, 0.3) is 0 Å². The Balaban J connectivity index is 1.01. The molecule has 0 fully saturated rings. The van der Waals surface area contributed by atoms with Gasteiger partial charge < -0.3 is 25.4 Å². The van der Waals surface area contributed by atoms with Crippen LogP contribution in [0.25, 0.3) is 21.8 Å². The van der Waals surface area contributed by atoms with E-state index in [1.54, 1.807) is 12.4 Å². The Morgan fingerprint density at radius 3 is 1.54 bits per heavy atom. The standard InChI is InChI=1S/C26H29Cl2N5O2/c27-19-1-3-21-23(5-7-30-25(21)17-19)32-11-15-34-13-9-29-10-14-35-16-12-33-24-6-8-31-26-18-20(28)2-4-22(24)26/h1-8,17-18,29H,9-16H2,(H,30,32)(H,31,33). The number of hydrogen-bond acceptors (Lipinski definition) is 7. The van der Waals surface area contributed by atoms with Crippen molar-refractivity contribution in [2.24, 2.45) is 0 Å². The van der Waals surface area contributed by atoms with E-state index in [4.69, 9.17) is 32.7 Å².